The molecule has 0 bridgehead atoms. The molecular formula is C21H22N4O2. The molecule has 6 nitrogen and oxygen atoms in total. The number of nitrogens with zero attached hydrogens (tertiary/aromatic N) is 3. The van der Waals surface area contributed by atoms with Crippen LogP contribution in [0.2, 0.25) is 0 Å². The highest BCUT2D eigenvalue weighted by molar-refractivity contribution is 6.05. The monoisotopic (exact) mass is 362 g/mol. The second kappa shape index (κ2) is 7.32. The number of rotatable bonds is 4. The number of carbonyl (C=O) groups is 1. The number of nitrogens with one attached hydrogen (secondary N) is 1. The molecule has 1 aliphatic rings. The van der Waals surface area contributed by atoms with Crippen molar-refractivity contribution in [2.75, 3.05) is 23.4 Å². The number of aliphatic hydroxyl groups is 1. The molecule has 2 N–H and O–H groups in total. The predicted octanol–water partition coefficient (Wildman–Crippen LogP) is 3.15. The fourth-order valence-corrected chi connectivity index (χ4v) is 3.70. The molecule has 0 radical (unpaired) electrons. The van der Waals surface area contributed by atoms with Crippen molar-refractivity contribution < 1.29 is 9.90 Å². The van der Waals surface area contributed by atoms with Crippen LogP contribution < -0.4 is 10.2 Å². The molecule has 2 aromatic heterocycles. The van der Waals surface area contributed by atoms with Gasteiger partial charge in [0.2, 0.25) is 0 Å². The van der Waals surface area contributed by atoms with Gasteiger partial charge in [-0.2, -0.15) is 0 Å². The molecule has 1 unspecified atom stereocenters. The van der Waals surface area contributed by atoms with Gasteiger partial charge in [0.1, 0.15) is 0 Å². The number of hydrogen-bond acceptors (Lipinski definition) is 5. The fraction of sp³-hybridized carbons (Fsp3) is 0.286. The van der Waals surface area contributed by atoms with Crippen molar-refractivity contribution in [3.05, 3.63) is 60.0 Å². The van der Waals surface area contributed by atoms with Crippen LogP contribution in [0, 0.1) is 6.92 Å². The third kappa shape index (κ3) is 3.48. The Hall–Kier alpha value is -2.99. The van der Waals surface area contributed by atoms with Gasteiger partial charge in [0.15, 0.2) is 0 Å². The van der Waals surface area contributed by atoms with Crippen LogP contribution in [-0.2, 0) is 0 Å². The molecule has 3 aromatic rings. The van der Waals surface area contributed by atoms with E-state index in [0.29, 0.717) is 11.3 Å². The first-order valence-electron chi connectivity index (χ1n) is 9.16. The van der Waals surface area contributed by atoms with Crippen molar-refractivity contribution in [2.24, 2.45) is 0 Å². The largest absolute Gasteiger partial charge is 0.394 e. The van der Waals surface area contributed by atoms with Crippen LogP contribution in [-0.4, -0.2) is 40.2 Å². The highest BCUT2D eigenvalue weighted by Gasteiger charge is 2.25. The zero-order valence-corrected chi connectivity index (χ0v) is 15.2. The van der Waals surface area contributed by atoms with Crippen LogP contribution in [0.1, 0.15) is 28.9 Å². The van der Waals surface area contributed by atoms with Crippen molar-refractivity contribution in [2.45, 2.75) is 25.8 Å². The van der Waals surface area contributed by atoms with E-state index in [2.05, 4.69) is 26.3 Å². The summed E-state index contributed by atoms with van der Waals surface area (Å²) in [6, 6.07) is 11.5. The summed E-state index contributed by atoms with van der Waals surface area (Å²) in [6.07, 6.45) is 5.25. The molecular weight excluding hydrogens is 340 g/mol. The van der Waals surface area contributed by atoms with E-state index in [1.165, 1.54) is 0 Å². The topological polar surface area (TPSA) is 78.4 Å². The van der Waals surface area contributed by atoms with Crippen molar-refractivity contribution in [3.8, 4) is 0 Å². The molecule has 0 aliphatic carbocycles. The normalized spacial score (nSPS) is 16.7. The van der Waals surface area contributed by atoms with Gasteiger partial charge in [-0.15, -0.1) is 0 Å². The third-order valence-corrected chi connectivity index (χ3v) is 5.00. The van der Waals surface area contributed by atoms with Crippen molar-refractivity contribution >= 4 is 28.2 Å². The van der Waals surface area contributed by atoms with Gasteiger partial charge in [0.05, 0.1) is 23.7 Å². The van der Waals surface area contributed by atoms with Crippen LogP contribution in [0.25, 0.3) is 10.9 Å². The van der Waals surface area contributed by atoms with E-state index in [1.54, 1.807) is 24.5 Å². The van der Waals surface area contributed by atoms with Crippen LogP contribution >= 0.6 is 0 Å². The maximum Gasteiger partial charge on any atom is 0.257 e. The Morgan fingerprint density at radius 3 is 3.00 bits per heavy atom. The Labute approximate surface area is 157 Å². The zero-order valence-electron chi connectivity index (χ0n) is 15.2. The van der Waals surface area contributed by atoms with Crippen LogP contribution in [0.4, 0.5) is 11.4 Å². The quantitative estimate of drug-likeness (QED) is 0.745. The van der Waals surface area contributed by atoms with Crippen molar-refractivity contribution in [1.82, 2.24) is 9.97 Å². The van der Waals surface area contributed by atoms with E-state index >= 15 is 0 Å². The van der Waals surface area contributed by atoms with Crippen LogP contribution in [0.5, 0.6) is 0 Å². The van der Waals surface area contributed by atoms with E-state index in [-0.39, 0.29) is 18.6 Å². The van der Waals surface area contributed by atoms with Gasteiger partial charge in [0.25, 0.3) is 5.91 Å². The van der Waals surface area contributed by atoms with E-state index in [4.69, 9.17) is 0 Å². The van der Waals surface area contributed by atoms with E-state index in [9.17, 15) is 9.90 Å². The number of fused-ring (bicyclic) bond motifs is 1. The molecule has 1 amide bonds. The van der Waals surface area contributed by atoms with Gasteiger partial charge in [-0.3, -0.25) is 14.8 Å². The summed E-state index contributed by atoms with van der Waals surface area (Å²) in [5.41, 5.74) is 4.05. The highest BCUT2D eigenvalue weighted by atomic mass is 16.3. The Morgan fingerprint density at radius 2 is 2.22 bits per heavy atom. The first-order chi connectivity index (χ1) is 13.2. The summed E-state index contributed by atoms with van der Waals surface area (Å²) in [7, 11) is 0. The zero-order chi connectivity index (χ0) is 18.8. The average molecular weight is 362 g/mol. The number of hydrogen-bond donors (Lipinski definition) is 2. The lowest BCUT2D eigenvalue weighted by molar-refractivity contribution is 0.102. The molecule has 1 aromatic carbocycles. The summed E-state index contributed by atoms with van der Waals surface area (Å²) < 4.78 is 0. The first kappa shape index (κ1) is 17.4. The van der Waals surface area contributed by atoms with Gasteiger partial charge >= 0.3 is 0 Å². The first-order valence-corrected chi connectivity index (χ1v) is 9.16. The van der Waals surface area contributed by atoms with Crippen LogP contribution in [0.3, 0.4) is 0 Å². The molecule has 1 saturated heterocycles. The second-order valence-electron chi connectivity index (χ2n) is 6.88. The molecule has 1 atom stereocenters. The Balaban J connectivity index is 1.68. The maximum absolute atomic E-state index is 12.4. The minimum Gasteiger partial charge on any atom is -0.394 e. The molecule has 0 spiro atoms. The lowest BCUT2D eigenvalue weighted by Crippen LogP contribution is -2.32. The van der Waals surface area contributed by atoms with E-state index < -0.39 is 0 Å². The number of amides is 1. The standard InChI is InChI=1S/C21H22N4O2/c1-14-10-20(25-9-3-5-17(25)13-26)18-7-6-16(11-19(18)23-14)24-21(27)15-4-2-8-22-12-15/h2,4,6-8,10-12,17,26H,3,5,9,13H2,1H3,(H,24,27). The lowest BCUT2D eigenvalue weighted by atomic mass is 10.1. The molecule has 4 rings (SSSR count). The van der Waals surface area contributed by atoms with Gasteiger partial charge in [-0.25, -0.2) is 0 Å². The third-order valence-electron chi connectivity index (χ3n) is 5.00. The van der Waals surface area contributed by atoms with E-state index in [0.717, 1.165) is 41.7 Å². The Kier molecular flexibility index (Phi) is 4.73. The molecule has 1 fully saturated rings. The SMILES string of the molecule is Cc1cc(N2CCCC2CO)c2ccc(NC(=O)c3cccnc3)cc2n1. The molecule has 27 heavy (non-hydrogen) atoms. The fourth-order valence-electron chi connectivity index (χ4n) is 3.70. The Morgan fingerprint density at radius 1 is 1.33 bits per heavy atom. The molecule has 1 aliphatic heterocycles. The minimum atomic E-state index is -0.199. The van der Waals surface area contributed by atoms with E-state index in [1.807, 2.05) is 25.1 Å². The Bertz CT molecular complexity index is 975. The number of carbonyl (C=O) groups excluding carboxylic acids is 1. The minimum absolute atomic E-state index is 0.153. The average Bonchev–Trinajstić information content (AvgIpc) is 3.16. The van der Waals surface area contributed by atoms with Gasteiger partial charge in [-0.1, -0.05) is 0 Å². The lowest BCUT2D eigenvalue weighted by Gasteiger charge is -2.27. The maximum atomic E-state index is 12.4. The summed E-state index contributed by atoms with van der Waals surface area (Å²) in [4.78, 5) is 23.3. The summed E-state index contributed by atoms with van der Waals surface area (Å²) in [5, 5.41) is 13.6. The van der Waals surface area contributed by atoms with Gasteiger partial charge < -0.3 is 15.3 Å². The smallest absolute Gasteiger partial charge is 0.257 e. The number of aryl methyl sites for hydroxylation is 1. The number of benzene rings is 1. The van der Waals surface area contributed by atoms with Crippen molar-refractivity contribution in [3.63, 3.8) is 0 Å². The molecule has 0 saturated carbocycles. The molecule has 6 heteroatoms. The summed E-state index contributed by atoms with van der Waals surface area (Å²) in [5.74, 6) is -0.199. The number of aliphatic hydroxyl groups excluding tert-OH is 1. The molecule has 3 heterocycles. The van der Waals surface area contributed by atoms with Crippen LogP contribution in [0.15, 0.2) is 48.8 Å². The predicted molar refractivity (Wildman–Crippen MR) is 106 cm³/mol. The van der Waals surface area contributed by atoms with Gasteiger partial charge in [0, 0.05) is 41.4 Å². The van der Waals surface area contributed by atoms with Crippen molar-refractivity contribution in [1.29, 1.82) is 0 Å². The number of pyridine rings is 2. The second-order valence-corrected chi connectivity index (χ2v) is 6.88. The summed E-state index contributed by atoms with van der Waals surface area (Å²) >= 11 is 0. The number of aromatic nitrogens is 2. The molecule has 138 valence electrons. The number of anilines is 2. The summed E-state index contributed by atoms with van der Waals surface area (Å²) in [6.45, 7) is 3.05. The highest BCUT2D eigenvalue weighted by Crippen LogP contribution is 2.33. The van der Waals surface area contributed by atoms with Gasteiger partial charge in [-0.05, 0) is 56.2 Å².